The van der Waals surface area contributed by atoms with Gasteiger partial charge in [-0.3, -0.25) is 0 Å². The maximum atomic E-state index is 13.4. The van der Waals surface area contributed by atoms with E-state index in [0.29, 0.717) is 69.4 Å². The van der Waals surface area contributed by atoms with Gasteiger partial charge in [0.25, 0.3) is 0 Å². The summed E-state index contributed by atoms with van der Waals surface area (Å²) in [6.07, 6.45) is 2.30. The van der Waals surface area contributed by atoms with Crippen LogP contribution in [0.4, 0.5) is 5.69 Å². The number of rotatable bonds is 12. The zero-order valence-electron chi connectivity index (χ0n) is 24.9. The maximum absolute atomic E-state index is 13.4. The molecule has 3 aliphatic rings. The third-order valence-corrected chi connectivity index (χ3v) is 11.6. The van der Waals surface area contributed by atoms with Crippen molar-refractivity contribution >= 4 is 25.7 Å². The van der Waals surface area contributed by atoms with Crippen LogP contribution in [0.2, 0.25) is 0 Å². The van der Waals surface area contributed by atoms with Crippen LogP contribution in [0.3, 0.4) is 0 Å². The third kappa shape index (κ3) is 7.45. The quantitative estimate of drug-likeness (QED) is 0.239. The average Bonchev–Trinajstić information content (AvgIpc) is 3.41. The first-order chi connectivity index (χ1) is 20.9. The first kappa shape index (κ1) is 32.8. The Morgan fingerprint density at radius 2 is 1.93 bits per heavy atom. The number of aliphatic hydroxyl groups excluding tert-OH is 2. The molecule has 4 heterocycles. The number of pyridine rings is 1. The second kappa shape index (κ2) is 13.4. The fraction of sp³-hybridized carbons (Fsp3) is 0.607. The van der Waals surface area contributed by atoms with Crippen molar-refractivity contribution in [1.82, 2.24) is 19.3 Å². The predicted octanol–water partition coefficient (Wildman–Crippen LogP) is -0.0890. The lowest BCUT2D eigenvalue weighted by molar-refractivity contribution is -0.0312. The number of aliphatic hydroxyl groups is 2. The summed E-state index contributed by atoms with van der Waals surface area (Å²) in [7, 11) is -5.67. The van der Waals surface area contributed by atoms with E-state index in [-0.39, 0.29) is 35.6 Å². The molecule has 2 saturated heterocycles. The van der Waals surface area contributed by atoms with Crippen LogP contribution >= 0.6 is 0 Å². The monoisotopic (exact) mass is 655 g/mol. The molecule has 3 aliphatic heterocycles. The number of fused-ring (bicyclic) bond motifs is 1. The highest BCUT2D eigenvalue weighted by atomic mass is 32.2. The highest BCUT2D eigenvalue weighted by molar-refractivity contribution is 7.89. The van der Waals surface area contributed by atoms with Crippen LogP contribution in [-0.2, 0) is 24.8 Å². The van der Waals surface area contributed by atoms with Gasteiger partial charge in [-0.25, -0.2) is 26.5 Å². The molecule has 2 fully saturated rings. The number of ether oxygens (including phenoxy) is 3. The van der Waals surface area contributed by atoms with Gasteiger partial charge in [0.05, 0.1) is 36.5 Å². The lowest BCUT2D eigenvalue weighted by Crippen LogP contribution is -2.47. The molecule has 0 amide bonds. The first-order valence-corrected chi connectivity index (χ1v) is 17.6. The number of nitrogens with one attached hydrogen (secondary N) is 2. The number of anilines is 1. The van der Waals surface area contributed by atoms with Crippen molar-refractivity contribution in [2.24, 2.45) is 0 Å². The molecule has 16 heteroatoms. The lowest BCUT2D eigenvalue weighted by atomic mass is 9.88. The summed E-state index contributed by atoms with van der Waals surface area (Å²) in [5.74, 6) is 0.729. The fourth-order valence-electron chi connectivity index (χ4n) is 5.61. The van der Waals surface area contributed by atoms with E-state index in [4.69, 9.17) is 19.3 Å². The number of nitrogens with zero attached hydrogens (tertiary/aromatic N) is 3. The summed E-state index contributed by atoms with van der Waals surface area (Å²) in [6, 6.07) is 6.91. The fourth-order valence-corrected chi connectivity index (χ4v) is 8.29. The molecular formula is C28H41N5O9S2. The molecule has 1 spiro atoms. The van der Waals surface area contributed by atoms with Gasteiger partial charge in [0.15, 0.2) is 0 Å². The molecular weight excluding hydrogens is 614 g/mol. The van der Waals surface area contributed by atoms with Gasteiger partial charge < -0.3 is 34.6 Å². The van der Waals surface area contributed by atoms with Crippen molar-refractivity contribution in [3.8, 4) is 11.6 Å². The number of hydrogen-bond acceptors (Lipinski definition) is 12. The molecule has 0 radical (unpaired) electrons. The standard InChI is InChI=1S/C28H41N5O9S2/c1-20(17-34)31-43(36,37)24-5-3-4-23(12-24)41-19-22(35)15-29-21-14-28(42-18-21)6-8-33(9-7-28)44(38,39)25-13-26-27(30-16-25)40-11-10-32(26)2/h3-5,12-13,16,20-22,29,31,34-35H,6-11,14-15,17-19H2,1-2H3/t20?,21?,22-/m0/s1. The number of sulfonamides is 2. The molecule has 5 rings (SSSR count). The zero-order chi connectivity index (χ0) is 31.5. The Balaban J connectivity index is 1.08. The summed E-state index contributed by atoms with van der Waals surface area (Å²) < 4.78 is 73.0. The van der Waals surface area contributed by atoms with E-state index >= 15 is 0 Å². The molecule has 4 N–H and O–H groups in total. The van der Waals surface area contributed by atoms with Gasteiger partial charge in [-0.05, 0) is 44.4 Å². The Labute approximate surface area is 258 Å². The Hall–Kier alpha value is -2.57. The Bertz CT molecular complexity index is 1520. The van der Waals surface area contributed by atoms with Crippen LogP contribution in [0.25, 0.3) is 0 Å². The van der Waals surface area contributed by atoms with Gasteiger partial charge in [-0.1, -0.05) is 6.07 Å². The molecule has 2 unspecified atom stereocenters. The number of piperidine rings is 1. The number of benzene rings is 1. The van der Waals surface area contributed by atoms with E-state index in [1.807, 2.05) is 11.9 Å². The van der Waals surface area contributed by atoms with Gasteiger partial charge in [-0.15, -0.1) is 0 Å². The third-order valence-electron chi connectivity index (χ3n) is 8.19. The molecule has 0 bridgehead atoms. The second-order valence-corrected chi connectivity index (χ2v) is 15.3. The van der Waals surface area contributed by atoms with E-state index in [9.17, 15) is 21.9 Å². The van der Waals surface area contributed by atoms with Crippen molar-refractivity contribution in [2.75, 3.05) is 64.6 Å². The SMILES string of the molecule is CC(CO)NS(=O)(=O)c1cccc(OC[C@@H](O)CNC2COC3(CCN(S(=O)(=O)c4cnc5c(c4)N(C)CCO5)CC3)C2)c1. The summed E-state index contributed by atoms with van der Waals surface area (Å²) in [5.41, 5.74) is 0.231. The van der Waals surface area contributed by atoms with Crippen molar-refractivity contribution in [3.05, 3.63) is 36.5 Å². The lowest BCUT2D eigenvalue weighted by Gasteiger charge is -2.38. The first-order valence-electron chi connectivity index (χ1n) is 14.7. The molecule has 1 aromatic heterocycles. The van der Waals surface area contributed by atoms with E-state index in [1.54, 1.807) is 25.1 Å². The van der Waals surface area contributed by atoms with Gasteiger partial charge in [0, 0.05) is 44.8 Å². The molecule has 3 atom stereocenters. The summed E-state index contributed by atoms with van der Waals surface area (Å²) in [6.45, 7) is 3.68. The maximum Gasteiger partial charge on any atom is 0.244 e. The number of likely N-dealkylation sites (N-methyl/N-ethyl adjacent to an activating group) is 1. The van der Waals surface area contributed by atoms with E-state index in [1.165, 1.54) is 22.6 Å². The van der Waals surface area contributed by atoms with Crippen molar-refractivity contribution in [1.29, 1.82) is 0 Å². The minimum absolute atomic E-state index is 0.00304. The highest BCUT2D eigenvalue weighted by Crippen LogP contribution is 2.38. The molecule has 2 aromatic rings. The van der Waals surface area contributed by atoms with Crippen LogP contribution in [0.15, 0.2) is 46.3 Å². The molecule has 244 valence electrons. The van der Waals surface area contributed by atoms with Gasteiger partial charge >= 0.3 is 0 Å². The largest absolute Gasteiger partial charge is 0.491 e. The topological polar surface area (TPSA) is 180 Å². The zero-order valence-corrected chi connectivity index (χ0v) is 26.5. The smallest absolute Gasteiger partial charge is 0.244 e. The highest BCUT2D eigenvalue weighted by Gasteiger charge is 2.45. The number of aromatic nitrogens is 1. The Morgan fingerprint density at radius 3 is 2.68 bits per heavy atom. The second-order valence-electron chi connectivity index (χ2n) is 11.6. The molecule has 14 nitrogen and oxygen atoms in total. The van der Waals surface area contributed by atoms with Crippen molar-refractivity contribution < 1.29 is 41.3 Å². The summed E-state index contributed by atoms with van der Waals surface area (Å²) >= 11 is 0. The van der Waals surface area contributed by atoms with Crippen LogP contribution in [0.1, 0.15) is 26.2 Å². The van der Waals surface area contributed by atoms with E-state index in [0.717, 1.165) is 0 Å². The minimum atomic E-state index is -3.82. The predicted molar refractivity (Wildman–Crippen MR) is 161 cm³/mol. The van der Waals surface area contributed by atoms with Crippen molar-refractivity contribution in [2.45, 2.75) is 59.8 Å². The van der Waals surface area contributed by atoms with Crippen LogP contribution in [0.5, 0.6) is 11.6 Å². The van der Waals surface area contributed by atoms with Crippen LogP contribution < -0.4 is 24.4 Å². The Morgan fingerprint density at radius 1 is 1.16 bits per heavy atom. The average molecular weight is 656 g/mol. The normalized spacial score (nSPS) is 21.9. The van der Waals surface area contributed by atoms with Crippen LogP contribution in [-0.4, -0.2) is 120 Å². The molecule has 0 aliphatic carbocycles. The molecule has 0 saturated carbocycles. The van der Waals surface area contributed by atoms with Crippen LogP contribution in [0, 0.1) is 0 Å². The number of hydrogen-bond donors (Lipinski definition) is 4. The van der Waals surface area contributed by atoms with E-state index < -0.39 is 37.8 Å². The van der Waals surface area contributed by atoms with Gasteiger partial charge in [-0.2, -0.15) is 4.31 Å². The molecule has 1 aromatic carbocycles. The summed E-state index contributed by atoms with van der Waals surface area (Å²) in [5, 5.41) is 23.0. The van der Waals surface area contributed by atoms with Crippen molar-refractivity contribution in [3.63, 3.8) is 0 Å². The Kier molecular flexibility index (Phi) is 10.0. The molecule has 44 heavy (non-hydrogen) atoms. The van der Waals surface area contributed by atoms with Gasteiger partial charge in [0.1, 0.15) is 35.7 Å². The summed E-state index contributed by atoms with van der Waals surface area (Å²) in [4.78, 5) is 6.31. The minimum Gasteiger partial charge on any atom is -0.491 e. The van der Waals surface area contributed by atoms with Gasteiger partial charge in [0.2, 0.25) is 25.9 Å². The van der Waals surface area contributed by atoms with E-state index in [2.05, 4.69) is 15.0 Å².